The van der Waals surface area contributed by atoms with Gasteiger partial charge in [-0.3, -0.25) is 14.5 Å². The van der Waals surface area contributed by atoms with Crippen molar-refractivity contribution >= 4 is 21.8 Å². The summed E-state index contributed by atoms with van der Waals surface area (Å²) in [6.07, 6.45) is 2.62. The third kappa shape index (κ3) is 3.14. The van der Waals surface area contributed by atoms with E-state index in [2.05, 4.69) is 15.0 Å². The zero-order valence-corrected chi connectivity index (χ0v) is 13.2. The fraction of sp³-hybridized carbons (Fsp3) is 0.467. The summed E-state index contributed by atoms with van der Waals surface area (Å²) >= 11 is 0. The molecule has 1 aromatic rings. The van der Waals surface area contributed by atoms with E-state index in [0.29, 0.717) is 17.3 Å². The van der Waals surface area contributed by atoms with Gasteiger partial charge in [-0.1, -0.05) is 12.1 Å². The second-order valence-corrected chi connectivity index (χ2v) is 7.43. The molecule has 1 amide bonds. The first kappa shape index (κ1) is 15.0. The molecular weight excluding hydrogens is 302 g/mol. The number of carbonyl (C=O) groups is 1. The number of sulfonamides is 1. The molecule has 1 atom stereocenters. The minimum absolute atomic E-state index is 0.0436. The van der Waals surface area contributed by atoms with Crippen molar-refractivity contribution in [3.63, 3.8) is 0 Å². The molecule has 0 aromatic heterocycles. The molecule has 0 bridgehead atoms. The minimum Gasteiger partial charge on any atom is -0.353 e. The molecule has 2 aliphatic rings. The summed E-state index contributed by atoms with van der Waals surface area (Å²) in [5.74, 6) is 0.889. The molecule has 1 saturated carbocycles. The standard InChI is InChI=1S/C15H19N3O3S/c1-10(11-6-7-11)17-14(19)8-9-16-15-12-4-2-3-5-13(12)22(20,21)18-15/h2-5,10-11H,6-9H2,1H3,(H,16,18)(H,17,19)/t10-/m0/s1. The van der Waals surface area contributed by atoms with Gasteiger partial charge in [-0.25, -0.2) is 8.42 Å². The number of amidine groups is 1. The quantitative estimate of drug-likeness (QED) is 0.849. The Hall–Kier alpha value is -1.89. The summed E-state index contributed by atoms with van der Waals surface area (Å²) in [6, 6.07) is 6.91. The maximum absolute atomic E-state index is 11.9. The van der Waals surface area contributed by atoms with Gasteiger partial charge in [-0.2, -0.15) is 0 Å². The van der Waals surface area contributed by atoms with Crippen LogP contribution in [0.2, 0.25) is 0 Å². The van der Waals surface area contributed by atoms with Gasteiger partial charge in [0, 0.05) is 18.0 Å². The third-order valence-electron chi connectivity index (χ3n) is 3.99. The molecule has 1 heterocycles. The third-order valence-corrected chi connectivity index (χ3v) is 5.39. The van der Waals surface area contributed by atoms with E-state index < -0.39 is 10.0 Å². The highest BCUT2D eigenvalue weighted by atomic mass is 32.2. The molecule has 1 aliphatic heterocycles. The van der Waals surface area contributed by atoms with E-state index >= 15 is 0 Å². The predicted octanol–water partition coefficient (Wildman–Crippen LogP) is 1.03. The summed E-state index contributed by atoms with van der Waals surface area (Å²) in [6.45, 7) is 2.28. The number of rotatable bonds is 5. The number of nitrogens with one attached hydrogen (secondary N) is 2. The van der Waals surface area contributed by atoms with Gasteiger partial charge in [0.2, 0.25) is 5.91 Å². The van der Waals surface area contributed by atoms with E-state index in [4.69, 9.17) is 0 Å². The van der Waals surface area contributed by atoms with Gasteiger partial charge in [-0.05, 0) is 37.8 Å². The van der Waals surface area contributed by atoms with Crippen LogP contribution in [-0.4, -0.2) is 32.7 Å². The van der Waals surface area contributed by atoms with Crippen LogP contribution in [-0.2, 0) is 14.8 Å². The van der Waals surface area contributed by atoms with Crippen molar-refractivity contribution in [3.8, 4) is 0 Å². The summed E-state index contributed by atoms with van der Waals surface area (Å²) in [4.78, 5) is 16.3. The smallest absolute Gasteiger partial charge is 0.263 e. The van der Waals surface area contributed by atoms with Crippen LogP contribution in [0.4, 0.5) is 0 Å². The number of carbonyl (C=O) groups excluding carboxylic acids is 1. The Balaban J connectivity index is 1.61. The van der Waals surface area contributed by atoms with Crippen LogP contribution in [0.1, 0.15) is 31.7 Å². The molecule has 118 valence electrons. The number of aliphatic imine (C=N–C) groups is 1. The van der Waals surface area contributed by atoms with Gasteiger partial charge in [0.05, 0.1) is 11.4 Å². The van der Waals surface area contributed by atoms with E-state index in [9.17, 15) is 13.2 Å². The Morgan fingerprint density at radius 3 is 2.86 bits per heavy atom. The van der Waals surface area contributed by atoms with Crippen molar-refractivity contribution in [1.82, 2.24) is 10.0 Å². The first-order chi connectivity index (χ1) is 10.5. The van der Waals surface area contributed by atoms with Crippen molar-refractivity contribution in [2.24, 2.45) is 10.9 Å². The van der Waals surface area contributed by atoms with E-state index in [1.807, 2.05) is 6.92 Å². The molecule has 1 aliphatic carbocycles. The maximum atomic E-state index is 11.9. The average molecular weight is 321 g/mol. The molecule has 6 nitrogen and oxygen atoms in total. The number of benzene rings is 1. The zero-order valence-electron chi connectivity index (χ0n) is 12.4. The fourth-order valence-electron chi connectivity index (χ4n) is 2.56. The number of nitrogens with zero attached hydrogens (tertiary/aromatic N) is 1. The predicted molar refractivity (Wildman–Crippen MR) is 83.1 cm³/mol. The topological polar surface area (TPSA) is 87.6 Å². The zero-order chi connectivity index (χ0) is 15.7. The second kappa shape index (κ2) is 5.72. The van der Waals surface area contributed by atoms with E-state index in [0.717, 1.165) is 0 Å². The lowest BCUT2D eigenvalue weighted by Crippen LogP contribution is -2.34. The van der Waals surface area contributed by atoms with Crippen molar-refractivity contribution in [3.05, 3.63) is 29.8 Å². The molecule has 2 N–H and O–H groups in total. The van der Waals surface area contributed by atoms with Crippen LogP contribution >= 0.6 is 0 Å². The lowest BCUT2D eigenvalue weighted by atomic mass is 10.2. The maximum Gasteiger partial charge on any atom is 0.263 e. The summed E-state index contributed by atoms with van der Waals surface area (Å²) in [7, 11) is -3.51. The Labute approximate surface area is 130 Å². The van der Waals surface area contributed by atoms with Crippen LogP contribution in [0.3, 0.4) is 0 Å². The van der Waals surface area contributed by atoms with Crippen LogP contribution in [0.15, 0.2) is 34.2 Å². The highest BCUT2D eigenvalue weighted by Crippen LogP contribution is 2.32. The van der Waals surface area contributed by atoms with Gasteiger partial charge in [-0.15, -0.1) is 0 Å². The molecular formula is C15H19N3O3S. The Kier molecular flexibility index (Phi) is 3.90. The summed E-state index contributed by atoms with van der Waals surface area (Å²) < 4.78 is 26.3. The van der Waals surface area contributed by atoms with Crippen LogP contribution in [0.5, 0.6) is 0 Å². The van der Waals surface area contributed by atoms with Gasteiger partial charge in [0.25, 0.3) is 10.0 Å². The first-order valence-corrected chi connectivity index (χ1v) is 8.92. The fourth-order valence-corrected chi connectivity index (χ4v) is 3.81. The average Bonchev–Trinajstić information content (AvgIpc) is 3.27. The Morgan fingerprint density at radius 2 is 2.14 bits per heavy atom. The highest BCUT2D eigenvalue weighted by molar-refractivity contribution is 7.90. The SMILES string of the molecule is C[C@H](NC(=O)CCN=C1NS(=O)(=O)c2ccccc21)C1CC1. The van der Waals surface area contributed by atoms with Gasteiger partial charge < -0.3 is 5.32 Å². The van der Waals surface area contributed by atoms with Crippen molar-refractivity contribution in [2.45, 2.75) is 37.1 Å². The van der Waals surface area contributed by atoms with Gasteiger partial charge in [0.15, 0.2) is 0 Å². The molecule has 0 saturated heterocycles. The van der Waals surface area contributed by atoms with E-state index in [1.165, 1.54) is 12.8 Å². The van der Waals surface area contributed by atoms with Gasteiger partial charge in [0.1, 0.15) is 5.84 Å². The summed E-state index contributed by atoms with van der Waals surface area (Å²) in [5, 5.41) is 2.96. The van der Waals surface area contributed by atoms with E-state index in [1.54, 1.807) is 24.3 Å². The highest BCUT2D eigenvalue weighted by Gasteiger charge is 2.30. The first-order valence-electron chi connectivity index (χ1n) is 7.43. The molecule has 1 fully saturated rings. The molecule has 22 heavy (non-hydrogen) atoms. The molecule has 0 radical (unpaired) electrons. The number of hydrogen-bond donors (Lipinski definition) is 2. The van der Waals surface area contributed by atoms with Gasteiger partial charge >= 0.3 is 0 Å². The molecule has 7 heteroatoms. The van der Waals surface area contributed by atoms with Crippen molar-refractivity contribution in [1.29, 1.82) is 0 Å². The molecule has 0 spiro atoms. The minimum atomic E-state index is -3.51. The Morgan fingerprint density at radius 1 is 1.41 bits per heavy atom. The summed E-state index contributed by atoms with van der Waals surface area (Å²) in [5.41, 5.74) is 0.564. The molecule has 0 unspecified atom stereocenters. The number of fused-ring (bicyclic) bond motifs is 1. The monoisotopic (exact) mass is 321 g/mol. The lowest BCUT2D eigenvalue weighted by molar-refractivity contribution is -0.121. The van der Waals surface area contributed by atoms with Crippen molar-refractivity contribution in [2.75, 3.05) is 6.54 Å². The van der Waals surface area contributed by atoms with Crippen molar-refractivity contribution < 1.29 is 13.2 Å². The van der Waals surface area contributed by atoms with Crippen LogP contribution in [0, 0.1) is 5.92 Å². The van der Waals surface area contributed by atoms with E-state index in [-0.39, 0.29) is 29.8 Å². The second-order valence-electron chi connectivity index (χ2n) is 5.78. The number of hydrogen-bond acceptors (Lipinski definition) is 4. The van der Waals surface area contributed by atoms with Crippen LogP contribution < -0.4 is 10.0 Å². The molecule has 1 aromatic carbocycles. The molecule has 3 rings (SSSR count). The largest absolute Gasteiger partial charge is 0.353 e. The van der Waals surface area contributed by atoms with Crippen LogP contribution in [0.25, 0.3) is 0 Å². The Bertz CT molecular complexity index is 723. The number of amides is 1. The lowest BCUT2D eigenvalue weighted by Gasteiger charge is -2.11. The normalized spacial score (nSPS) is 22.0.